The number of hydrogen-bond donors (Lipinski definition) is 3. The minimum atomic E-state index is -0.978. The van der Waals surface area contributed by atoms with Gasteiger partial charge in [-0.05, 0) is 41.3 Å². The minimum absolute atomic E-state index is 0.0555. The third-order valence-electron chi connectivity index (χ3n) is 5.89. The average molecular weight is 374 g/mol. The predicted octanol–water partition coefficient (Wildman–Crippen LogP) is 3.50. The molecule has 1 atom stereocenters. The van der Waals surface area contributed by atoms with Gasteiger partial charge in [0.25, 0.3) is 0 Å². The number of aliphatic hydroxyl groups excluding tert-OH is 2. The number of aromatic amines is 1. The van der Waals surface area contributed by atoms with Crippen LogP contribution >= 0.6 is 0 Å². The van der Waals surface area contributed by atoms with Crippen LogP contribution < -0.4 is 0 Å². The maximum absolute atomic E-state index is 13.4. The summed E-state index contributed by atoms with van der Waals surface area (Å²) in [5.74, 6) is -0.0555. The van der Waals surface area contributed by atoms with Crippen molar-refractivity contribution < 1.29 is 15.0 Å². The molecule has 5 nitrogen and oxygen atoms in total. The second kappa shape index (κ2) is 6.30. The number of aliphatic hydroxyl groups is 2. The van der Waals surface area contributed by atoms with Crippen molar-refractivity contribution in [1.82, 2.24) is 4.98 Å². The Kier molecular flexibility index (Phi) is 4.15. The quantitative estimate of drug-likeness (QED) is 0.654. The molecule has 2 aromatic carbocycles. The molecule has 142 valence electrons. The SMILES string of the molecule is CCc1cc2c(cc1C(O)CO)C(C)(C)c1[nH]c3cc(C#N)ccc3c1C2=O. The maximum Gasteiger partial charge on any atom is 0.195 e. The van der Waals surface area contributed by atoms with Crippen molar-refractivity contribution in [3.63, 3.8) is 0 Å². The summed E-state index contributed by atoms with van der Waals surface area (Å²) in [6.45, 7) is 5.68. The molecule has 0 fully saturated rings. The maximum atomic E-state index is 13.4. The van der Waals surface area contributed by atoms with Crippen LogP contribution in [0, 0.1) is 11.3 Å². The first-order valence-corrected chi connectivity index (χ1v) is 9.40. The first-order valence-electron chi connectivity index (χ1n) is 9.40. The molecule has 3 aromatic rings. The fourth-order valence-corrected chi connectivity index (χ4v) is 4.32. The predicted molar refractivity (Wildman–Crippen MR) is 106 cm³/mol. The summed E-state index contributed by atoms with van der Waals surface area (Å²) in [5.41, 5.74) is 5.25. The van der Waals surface area contributed by atoms with E-state index in [-0.39, 0.29) is 12.4 Å². The number of carbonyl (C=O) groups excluding carboxylic acids is 1. The smallest absolute Gasteiger partial charge is 0.195 e. The average Bonchev–Trinajstić information content (AvgIpc) is 3.10. The van der Waals surface area contributed by atoms with Crippen molar-refractivity contribution in [3.8, 4) is 6.07 Å². The van der Waals surface area contributed by atoms with Crippen LogP contribution in [0.1, 0.15) is 70.7 Å². The van der Waals surface area contributed by atoms with Crippen LogP contribution in [0.25, 0.3) is 10.9 Å². The number of ketones is 1. The molecule has 0 saturated carbocycles. The summed E-state index contributed by atoms with van der Waals surface area (Å²) in [5, 5.41) is 29.7. The molecule has 3 N–H and O–H groups in total. The Balaban J connectivity index is 2.02. The number of hydrogen-bond acceptors (Lipinski definition) is 4. The van der Waals surface area contributed by atoms with E-state index in [1.54, 1.807) is 12.1 Å². The number of carbonyl (C=O) groups is 1. The van der Waals surface area contributed by atoms with Crippen LogP contribution in [0.2, 0.25) is 0 Å². The Morgan fingerprint density at radius 3 is 2.64 bits per heavy atom. The number of fused-ring (bicyclic) bond motifs is 4. The first kappa shape index (κ1) is 18.4. The number of H-pyrrole nitrogens is 1. The Labute approximate surface area is 163 Å². The molecular weight excluding hydrogens is 352 g/mol. The third-order valence-corrected chi connectivity index (χ3v) is 5.89. The Morgan fingerprint density at radius 1 is 1.25 bits per heavy atom. The van der Waals surface area contributed by atoms with E-state index in [2.05, 4.69) is 11.1 Å². The molecule has 1 heterocycles. The van der Waals surface area contributed by atoms with Crippen LogP contribution in [0.3, 0.4) is 0 Å². The van der Waals surface area contributed by atoms with E-state index >= 15 is 0 Å². The summed E-state index contributed by atoms with van der Waals surface area (Å²) < 4.78 is 0. The lowest BCUT2D eigenvalue weighted by Crippen LogP contribution is -2.31. The van der Waals surface area contributed by atoms with Crippen molar-refractivity contribution in [1.29, 1.82) is 5.26 Å². The van der Waals surface area contributed by atoms with Crippen LogP contribution in [0.15, 0.2) is 30.3 Å². The fraction of sp³-hybridized carbons (Fsp3) is 0.304. The van der Waals surface area contributed by atoms with E-state index in [1.165, 1.54) is 0 Å². The number of aromatic nitrogens is 1. The monoisotopic (exact) mass is 374 g/mol. The van der Waals surface area contributed by atoms with Gasteiger partial charge in [-0.15, -0.1) is 0 Å². The van der Waals surface area contributed by atoms with Crippen molar-refractivity contribution in [2.45, 2.75) is 38.7 Å². The lowest BCUT2D eigenvalue weighted by molar-refractivity contribution is 0.0946. The molecule has 1 aliphatic carbocycles. The first-order chi connectivity index (χ1) is 13.3. The number of nitriles is 1. The van der Waals surface area contributed by atoms with Crippen molar-refractivity contribution in [2.24, 2.45) is 0 Å². The zero-order valence-corrected chi connectivity index (χ0v) is 16.1. The van der Waals surface area contributed by atoms with E-state index in [0.29, 0.717) is 28.7 Å². The molecule has 1 aliphatic rings. The van der Waals surface area contributed by atoms with Crippen molar-refractivity contribution in [3.05, 3.63) is 69.4 Å². The summed E-state index contributed by atoms with van der Waals surface area (Å²) >= 11 is 0. The van der Waals surface area contributed by atoms with E-state index < -0.39 is 11.5 Å². The van der Waals surface area contributed by atoms with E-state index in [9.17, 15) is 20.3 Å². The molecule has 0 aliphatic heterocycles. The molecule has 5 heteroatoms. The molecule has 0 radical (unpaired) electrons. The Bertz CT molecular complexity index is 1160. The van der Waals surface area contributed by atoms with Gasteiger partial charge in [0.15, 0.2) is 5.78 Å². The zero-order chi connectivity index (χ0) is 20.2. The number of aryl methyl sites for hydroxylation is 1. The molecule has 0 spiro atoms. The largest absolute Gasteiger partial charge is 0.393 e. The highest BCUT2D eigenvalue weighted by Crippen LogP contribution is 2.45. The highest BCUT2D eigenvalue weighted by Gasteiger charge is 2.40. The molecule has 1 aromatic heterocycles. The molecule has 28 heavy (non-hydrogen) atoms. The van der Waals surface area contributed by atoms with Gasteiger partial charge in [-0.2, -0.15) is 5.26 Å². The number of nitrogens with zero attached hydrogens (tertiary/aromatic N) is 1. The summed E-state index contributed by atoms with van der Waals surface area (Å²) in [6.07, 6.45) is -0.326. The molecule has 1 unspecified atom stereocenters. The zero-order valence-electron chi connectivity index (χ0n) is 16.1. The van der Waals surface area contributed by atoms with Gasteiger partial charge in [0.05, 0.1) is 23.8 Å². The topological polar surface area (TPSA) is 97.1 Å². The van der Waals surface area contributed by atoms with Crippen molar-refractivity contribution in [2.75, 3.05) is 6.61 Å². The third kappa shape index (κ3) is 2.42. The molecule has 0 saturated heterocycles. The lowest BCUT2D eigenvalue weighted by atomic mass is 9.70. The Hall–Kier alpha value is -2.94. The lowest BCUT2D eigenvalue weighted by Gasteiger charge is -2.33. The van der Waals surface area contributed by atoms with E-state index in [1.807, 2.05) is 39.0 Å². The van der Waals surface area contributed by atoms with Crippen molar-refractivity contribution >= 4 is 16.7 Å². The van der Waals surface area contributed by atoms with Crippen LogP contribution in [0.5, 0.6) is 0 Å². The molecule has 0 bridgehead atoms. The van der Waals surface area contributed by atoms with Crippen LogP contribution in [-0.2, 0) is 11.8 Å². The van der Waals surface area contributed by atoms with Gasteiger partial charge >= 0.3 is 0 Å². The van der Waals surface area contributed by atoms with Gasteiger partial charge in [-0.1, -0.05) is 32.9 Å². The van der Waals surface area contributed by atoms with E-state index in [0.717, 1.165) is 27.7 Å². The van der Waals surface area contributed by atoms with Crippen LogP contribution in [0.4, 0.5) is 0 Å². The standard InChI is InChI=1S/C23H22N2O3/c1-4-13-8-16-17(9-15(13)19(27)11-26)23(2,3)22-20(21(16)28)14-6-5-12(10-24)7-18(14)25-22/h5-9,19,25-27H,4,11H2,1-3H3. The van der Waals surface area contributed by atoms with Gasteiger partial charge in [-0.25, -0.2) is 0 Å². The second-order valence-electron chi connectivity index (χ2n) is 7.85. The second-order valence-corrected chi connectivity index (χ2v) is 7.85. The highest BCUT2D eigenvalue weighted by molar-refractivity contribution is 6.20. The molecular formula is C23H22N2O3. The number of nitrogens with one attached hydrogen (secondary N) is 1. The van der Waals surface area contributed by atoms with Gasteiger partial charge in [-0.3, -0.25) is 4.79 Å². The van der Waals surface area contributed by atoms with Gasteiger partial charge < -0.3 is 15.2 Å². The highest BCUT2D eigenvalue weighted by atomic mass is 16.3. The number of benzene rings is 2. The molecule has 0 amide bonds. The van der Waals surface area contributed by atoms with Gasteiger partial charge in [0.2, 0.25) is 0 Å². The summed E-state index contributed by atoms with van der Waals surface area (Å²) in [7, 11) is 0. The summed E-state index contributed by atoms with van der Waals surface area (Å²) in [4.78, 5) is 16.8. The normalized spacial score (nSPS) is 15.8. The minimum Gasteiger partial charge on any atom is -0.393 e. The Morgan fingerprint density at radius 2 is 2.00 bits per heavy atom. The molecule has 4 rings (SSSR count). The van der Waals surface area contributed by atoms with Gasteiger partial charge in [0, 0.05) is 27.6 Å². The summed E-state index contributed by atoms with van der Waals surface area (Å²) in [6, 6.07) is 11.2. The van der Waals surface area contributed by atoms with E-state index in [4.69, 9.17) is 0 Å². The van der Waals surface area contributed by atoms with Crippen LogP contribution in [-0.4, -0.2) is 27.6 Å². The van der Waals surface area contributed by atoms with Gasteiger partial charge in [0.1, 0.15) is 6.10 Å². The number of rotatable bonds is 3. The fourth-order valence-electron chi connectivity index (χ4n) is 4.32.